The number of carbonyl (C=O) groups is 2. The van der Waals surface area contributed by atoms with Crippen LogP contribution in [0.5, 0.6) is 0 Å². The summed E-state index contributed by atoms with van der Waals surface area (Å²) in [6, 6.07) is -1.46. The predicted molar refractivity (Wildman–Crippen MR) is 63.2 cm³/mol. The summed E-state index contributed by atoms with van der Waals surface area (Å²) in [7, 11) is 0. The molecule has 1 amide bonds. The Morgan fingerprint density at radius 2 is 2.15 bits per heavy atom. The summed E-state index contributed by atoms with van der Waals surface area (Å²) in [6.45, 7) is 0.513. The zero-order valence-electron chi connectivity index (χ0n) is 10.2. The number of amides is 1. The van der Waals surface area contributed by atoms with E-state index in [-0.39, 0.29) is 0 Å². The molecule has 1 aromatic heterocycles. The Morgan fingerprint density at radius 1 is 1.55 bits per heavy atom. The molecule has 11 heteroatoms. The van der Waals surface area contributed by atoms with Crippen LogP contribution in [0, 0.1) is 10.1 Å². The normalized spacial score (nSPS) is 11.7. The van der Waals surface area contributed by atoms with Crippen molar-refractivity contribution in [2.45, 2.75) is 19.5 Å². The fourth-order valence-electron chi connectivity index (χ4n) is 1.39. The summed E-state index contributed by atoms with van der Waals surface area (Å²) in [6.07, 6.45) is 0.624. The molecule has 0 radical (unpaired) electrons. The average Bonchev–Trinajstić information content (AvgIpc) is 2.30. The SMILES string of the molecule is CC(=O)NC(Cn1cc([N+](=O)[O-])c(=O)[nH]c1=O)C(=O)O. The minimum Gasteiger partial charge on any atom is -0.480 e. The molecule has 0 aliphatic heterocycles. The molecule has 0 aliphatic carbocycles. The molecule has 1 rings (SSSR count). The van der Waals surface area contributed by atoms with Crippen LogP contribution in [0.25, 0.3) is 0 Å². The Balaban J connectivity index is 3.19. The lowest BCUT2D eigenvalue weighted by Crippen LogP contribution is -2.45. The number of hydrogen-bond acceptors (Lipinski definition) is 6. The van der Waals surface area contributed by atoms with Crippen LogP contribution >= 0.6 is 0 Å². The van der Waals surface area contributed by atoms with Gasteiger partial charge in [-0.25, -0.2) is 9.59 Å². The van der Waals surface area contributed by atoms with Crippen LogP contribution < -0.4 is 16.6 Å². The van der Waals surface area contributed by atoms with Crippen LogP contribution in [0.15, 0.2) is 15.8 Å². The van der Waals surface area contributed by atoms with Gasteiger partial charge in [0, 0.05) is 6.92 Å². The van der Waals surface area contributed by atoms with E-state index in [0.717, 1.165) is 6.92 Å². The number of carboxylic acids is 1. The van der Waals surface area contributed by atoms with E-state index in [4.69, 9.17) is 5.11 Å². The number of carbonyl (C=O) groups excluding carboxylic acids is 1. The zero-order chi connectivity index (χ0) is 15.4. The molecule has 1 heterocycles. The highest BCUT2D eigenvalue weighted by atomic mass is 16.6. The zero-order valence-corrected chi connectivity index (χ0v) is 10.2. The number of carboxylic acid groups (broad SMARTS) is 1. The van der Waals surface area contributed by atoms with Crippen molar-refractivity contribution in [3.8, 4) is 0 Å². The average molecular weight is 286 g/mol. The fourth-order valence-corrected chi connectivity index (χ4v) is 1.39. The Morgan fingerprint density at radius 3 is 2.60 bits per heavy atom. The Hall–Kier alpha value is -2.98. The second-order valence-electron chi connectivity index (χ2n) is 3.77. The van der Waals surface area contributed by atoms with Crippen molar-refractivity contribution in [1.82, 2.24) is 14.9 Å². The molecule has 20 heavy (non-hydrogen) atoms. The van der Waals surface area contributed by atoms with Crippen LogP contribution in [-0.4, -0.2) is 37.5 Å². The van der Waals surface area contributed by atoms with Crippen LogP contribution in [0.3, 0.4) is 0 Å². The molecular formula is C9H10N4O7. The monoisotopic (exact) mass is 286 g/mol. The highest BCUT2D eigenvalue weighted by Crippen LogP contribution is 2.00. The molecule has 0 saturated carbocycles. The van der Waals surface area contributed by atoms with Crippen molar-refractivity contribution < 1.29 is 19.6 Å². The largest absolute Gasteiger partial charge is 0.480 e. The number of hydrogen-bond donors (Lipinski definition) is 3. The Bertz CT molecular complexity index is 674. The third-order valence-corrected chi connectivity index (χ3v) is 2.24. The number of H-pyrrole nitrogens is 1. The molecule has 0 spiro atoms. The topological polar surface area (TPSA) is 164 Å². The van der Waals surface area contributed by atoms with Crippen LogP contribution in [0.2, 0.25) is 0 Å². The van der Waals surface area contributed by atoms with Gasteiger partial charge < -0.3 is 10.4 Å². The van der Waals surface area contributed by atoms with Gasteiger partial charge in [0.05, 0.1) is 17.7 Å². The van der Waals surface area contributed by atoms with E-state index < -0.39 is 46.3 Å². The van der Waals surface area contributed by atoms with E-state index in [1.54, 1.807) is 4.98 Å². The van der Waals surface area contributed by atoms with Gasteiger partial charge in [-0.2, -0.15) is 0 Å². The first-order chi connectivity index (χ1) is 9.22. The van der Waals surface area contributed by atoms with Crippen molar-refractivity contribution in [1.29, 1.82) is 0 Å². The van der Waals surface area contributed by atoms with Gasteiger partial charge in [-0.05, 0) is 0 Å². The maximum atomic E-state index is 11.4. The predicted octanol–water partition coefficient (Wildman–Crippen LogP) is -1.97. The minimum atomic E-state index is -1.46. The van der Waals surface area contributed by atoms with E-state index in [9.17, 15) is 29.3 Å². The maximum absolute atomic E-state index is 11.4. The van der Waals surface area contributed by atoms with E-state index in [2.05, 4.69) is 5.32 Å². The second kappa shape index (κ2) is 5.77. The number of nitrogens with zero attached hydrogens (tertiary/aromatic N) is 2. The van der Waals surface area contributed by atoms with Gasteiger partial charge in [-0.3, -0.25) is 29.3 Å². The quantitative estimate of drug-likeness (QED) is 0.417. The first-order valence-corrected chi connectivity index (χ1v) is 5.20. The Kier molecular flexibility index (Phi) is 4.35. The molecule has 1 unspecified atom stereocenters. The lowest BCUT2D eigenvalue weighted by Gasteiger charge is -2.14. The number of aromatic nitrogens is 2. The smallest absolute Gasteiger partial charge is 0.350 e. The lowest BCUT2D eigenvalue weighted by molar-refractivity contribution is -0.386. The van der Waals surface area contributed by atoms with Gasteiger partial charge in [-0.15, -0.1) is 0 Å². The molecular weight excluding hydrogens is 276 g/mol. The molecule has 0 fully saturated rings. The van der Waals surface area contributed by atoms with Gasteiger partial charge in [0.25, 0.3) is 0 Å². The van der Waals surface area contributed by atoms with Crippen LogP contribution in [0.1, 0.15) is 6.92 Å². The number of aliphatic carboxylic acids is 1. The summed E-state index contributed by atoms with van der Waals surface area (Å²) in [5, 5.41) is 21.5. The summed E-state index contributed by atoms with van der Waals surface area (Å²) in [5.41, 5.74) is -3.11. The molecule has 0 saturated heterocycles. The third kappa shape index (κ3) is 3.51. The number of aromatic amines is 1. The molecule has 1 atom stereocenters. The molecule has 108 valence electrons. The minimum absolute atomic E-state index is 0.564. The number of nitrogens with one attached hydrogen (secondary N) is 2. The van der Waals surface area contributed by atoms with Crippen molar-refractivity contribution >= 4 is 17.6 Å². The third-order valence-electron chi connectivity index (χ3n) is 2.24. The molecule has 0 aliphatic rings. The van der Waals surface area contributed by atoms with Gasteiger partial charge in [0.2, 0.25) is 5.91 Å². The second-order valence-corrected chi connectivity index (χ2v) is 3.77. The van der Waals surface area contributed by atoms with Gasteiger partial charge in [-0.1, -0.05) is 0 Å². The Labute approximate surface area is 110 Å². The number of rotatable bonds is 5. The molecule has 0 aromatic carbocycles. The van der Waals surface area contributed by atoms with Crippen molar-refractivity contribution in [2.75, 3.05) is 0 Å². The van der Waals surface area contributed by atoms with Crippen LogP contribution in [0.4, 0.5) is 5.69 Å². The first kappa shape index (κ1) is 15.1. The maximum Gasteiger partial charge on any atom is 0.350 e. The van der Waals surface area contributed by atoms with Crippen molar-refractivity contribution in [3.63, 3.8) is 0 Å². The van der Waals surface area contributed by atoms with E-state index in [1.165, 1.54) is 0 Å². The van der Waals surface area contributed by atoms with Gasteiger partial charge >= 0.3 is 22.9 Å². The van der Waals surface area contributed by atoms with Crippen molar-refractivity contribution in [3.05, 3.63) is 37.1 Å². The standard InChI is InChI=1S/C9H10N4O7/c1-4(14)10-5(8(16)17)2-12-3-6(13(19)20)7(15)11-9(12)18/h3,5H,2H2,1H3,(H,10,14)(H,16,17)(H,11,15,18). The summed E-state index contributed by atoms with van der Waals surface area (Å²) < 4.78 is 0.633. The van der Waals surface area contributed by atoms with Crippen molar-refractivity contribution in [2.24, 2.45) is 0 Å². The lowest BCUT2D eigenvalue weighted by atomic mass is 10.3. The highest BCUT2D eigenvalue weighted by Gasteiger charge is 2.22. The van der Waals surface area contributed by atoms with Gasteiger partial charge in [0.1, 0.15) is 6.04 Å². The molecule has 1 aromatic rings. The summed E-state index contributed by atoms with van der Waals surface area (Å²) in [5.74, 6) is -2.08. The van der Waals surface area contributed by atoms with E-state index in [1.807, 2.05) is 0 Å². The summed E-state index contributed by atoms with van der Waals surface area (Å²) in [4.78, 5) is 55.6. The molecule has 0 bridgehead atoms. The molecule has 11 nitrogen and oxygen atoms in total. The van der Waals surface area contributed by atoms with Gasteiger partial charge in [0.15, 0.2) is 0 Å². The van der Waals surface area contributed by atoms with E-state index in [0.29, 0.717) is 10.8 Å². The van der Waals surface area contributed by atoms with Crippen LogP contribution in [-0.2, 0) is 16.1 Å². The summed E-state index contributed by atoms with van der Waals surface area (Å²) >= 11 is 0. The fraction of sp³-hybridized carbons (Fsp3) is 0.333. The first-order valence-electron chi connectivity index (χ1n) is 5.20. The molecule has 3 N–H and O–H groups in total. The highest BCUT2D eigenvalue weighted by molar-refractivity contribution is 5.81. The van der Waals surface area contributed by atoms with E-state index >= 15 is 0 Å². The number of nitro groups is 1.